The molecule has 1 aliphatic carbocycles. The van der Waals surface area contributed by atoms with Crippen LogP contribution >= 0.6 is 0 Å². The number of nitrogens with zero attached hydrogens (tertiary/aromatic N) is 6. The van der Waals surface area contributed by atoms with Gasteiger partial charge in [-0.25, -0.2) is 15.0 Å². The first-order chi connectivity index (χ1) is 16.2. The zero-order valence-electron chi connectivity index (χ0n) is 19.2. The van der Waals surface area contributed by atoms with Gasteiger partial charge in [-0.1, -0.05) is 18.2 Å². The molecule has 170 valence electrons. The first-order valence-electron chi connectivity index (χ1n) is 11.9. The largest absolute Gasteiger partial charge is 0.472 e. The highest BCUT2D eigenvalue weighted by Gasteiger charge is 2.44. The van der Waals surface area contributed by atoms with Crippen molar-refractivity contribution < 1.29 is 4.74 Å². The molecular formula is C26H30N6O. The Morgan fingerprint density at radius 2 is 1.79 bits per heavy atom. The molecule has 1 aromatic carbocycles. The van der Waals surface area contributed by atoms with Gasteiger partial charge >= 0.3 is 0 Å². The summed E-state index contributed by atoms with van der Waals surface area (Å²) in [4.78, 5) is 16.4. The highest BCUT2D eigenvalue weighted by molar-refractivity contribution is 5.76. The second-order valence-electron chi connectivity index (χ2n) is 9.55. The van der Waals surface area contributed by atoms with Crippen LogP contribution in [0.4, 0.5) is 0 Å². The number of hydrogen-bond acceptors (Lipinski definition) is 5. The lowest BCUT2D eigenvalue weighted by molar-refractivity contribution is 0.0522. The fraction of sp³-hybridized carbons (Fsp3) is 0.423. The maximum absolute atomic E-state index is 6.57. The molecule has 0 bridgehead atoms. The Balaban J connectivity index is 1.31. The fourth-order valence-corrected chi connectivity index (χ4v) is 5.92. The van der Waals surface area contributed by atoms with Crippen molar-refractivity contribution in [3.8, 4) is 5.88 Å². The van der Waals surface area contributed by atoms with E-state index in [1.54, 1.807) is 6.20 Å². The third-order valence-corrected chi connectivity index (χ3v) is 7.46. The summed E-state index contributed by atoms with van der Waals surface area (Å²) in [6, 6.07) is 14.6. The van der Waals surface area contributed by atoms with Crippen LogP contribution in [0.25, 0.3) is 11.0 Å². The van der Waals surface area contributed by atoms with Crippen LogP contribution in [0.3, 0.4) is 0 Å². The molecular weight excluding hydrogens is 412 g/mol. The molecule has 3 aromatic heterocycles. The molecule has 4 heterocycles. The van der Waals surface area contributed by atoms with Gasteiger partial charge in [0.15, 0.2) is 0 Å². The lowest BCUT2D eigenvalue weighted by Gasteiger charge is -2.39. The van der Waals surface area contributed by atoms with Gasteiger partial charge in [-0.2, -0.15) is 0 Å². The highest BCUT2D eigenvalue weighted by Crippen LogP contribution is 2.44. The summed E-state index contributed by atoms with van der Waals surface area (Å²) in [7, 11) is 2.07. The number of hydrogen-bond donors (Lipinski definition) is 0. The lowest BCUT2D eigenvalue weighted by atomic mass is 9.77. The van der Waals surface area contributed by atoms with E-state index in [0.29, 0.717) is 17.7 Å². The van der Waals surface area contributed by atoms with E-state index in [4.69, 9.17) is 9.72 Å². The molecule has 2 aliphatic rings. The lowest BCUT2D eigenvalue weighted by Crippen LogP contribution is -2.40. The van der Waals surface area contributed by atoms with Crippen molar-refractivity contribution in [2.45, 2.75) is 38.5 Å². The summed E-state index contributed by atoms with van der Waals surface area (Å²) in [5.74, 6) is 4.14. The Labute approximate surface area is 194 Å². The van der Waals surface area contributed by atoms with E-state index in [0.717, 1.165) is 49.6 Å². The minimum atomic E-state index is 0.0607. The molecule has 0 amide bonds. The minimum Gasteiger partial charge on any atom is -0.472 e. The maximum Gasteiger partial charge on any atom is 0.213 e. The van der Waals surface area contributed by atoms with Gasteiger partial charge in [0.1, 0.15) is 17.8 Å². The third kappa shape index (κ3) is 3.80. The quantitative estimate of drug-likeness (QED) is 0.468. The number of benzene rings is 1. The number of likely N-dealkylation sites (tertiary alicyclic amines) is 1. The Kier molecular flexibility index (Phi) is 5.14. The first kappa shape index (κ1) is 20.4. The van der Waals surface area contributed by atoms with Crippen LogP contribution in [0.15, 0.2) is 61.1 Å². The molecule has 1 aliphatic heterocycles. The Bertz CT molecular complexity index is 1250. The van der Waals surface area contributed by atoms with E-state index in [2.05, 4.69) is 62.2 Å². The van der Waals surface area contributed by atoms with Crippen LogP contribution in [-0.2, 0) is 13.6 Å². The van der Waals surface area contributed by atoms with E-state index < -0.39 is 0 Å². The number of ether oxygens (including phenoxy) is 1. The summed E-state index contributed by atoms with van der Waals surface area (Å²) >= 11 is 0. The summed E-state index contributed by atoms with van der Waals surface area (Å²) in [5.41, 5.74) is 2.24. The average molecular weight is 443 g/mol. The van der Waals surface area contributed by atoms with Crippen molar-refractivity contribution in [3.05, 3.63) is 72.7 Å². The zero-order valence-corrected chi connectivity index (χ0v) is 19.2. The molecule has 6 rings (SSSR count). The van der Waals surface area contributed by atoms with Crippen molar-refractivity contribution in [2.75, 3.05) is 13.1 Å². The number of imidazole rings is 2. The molecule has 33 heavy (non-hydrogen) atoms. The molecule has 4 aromatic rings. The topological polar surface area (TPSA) is 61.0 Å². The molecule has 0 unspecified atom stereocenters. The van der Waals surface area contributed by atoms with Crippen LogP contribution in [0.1, 0.15) is 30.5 Å². The first-order valence-corrected chi connectivity index (χ1v) is 11.9. The molecule has 0 spiro atoms. The van der Waals surface area contributed by atoms with Crippen LogP contribution in [0, 0.1) is 18.8 Å². The Morgan fingerprint density at radius 3 is 2.58 bits per heavy atom. The van der Waals surface area contributed by atoms with E-state index in [1.165, 1.54) is 5.52 Å². The van der Waals surface area contributed by atoms with Gasteiger partial charge in [-0.3, -0.25) is 4.90 Å². The number of fused-ring (bicyclic) bond motifs is 2. The van der Waals surface area contributed by atoms with Gasteiger partial charge in [0.05, 0.1) is 23.6 Å². The second-order valence-corrected chi connectivity index (χ2v) is 9.55. The van der Waals surface area contributed by atoms with Gasteiger partial charge < -0.3 is 13.9 Å². The minimum absolute atomic E-state index is 0.0607. The molecule has 0 radical (unpaired) electrons. The van der Waals surface area contributed by atoms with E-state index in [9.17, 15) is 0 Å². The van der Waals surface area contributed by atoms with E-state index in [1.807, 2.05) is 30.6 Å². The predicted molar refractivity (Wildman–Crippen MR) is 127 cm³/mol. The van der Waals surface area contributed by atoms with Gasteiger partial charge in [0.2, 0.25) is 5.88 Å². The summed E-state index contributed by atoms with van der Waals surface area (Å²) in [6.07, 6.45) is 7.88. The van der Waals surface area contributed by atoms with Crippen LogP contribution in [0.5, 0.6) is 5.88 Å². The van der Waals surface area contributed by atoms with E-state index >= 15 is 0 Å². The number of para-hydroxylation sites is 2. The second kappa shape index (κ2) is 8.30. The van der Waals surface area contributed by atoms with Gasteiger partial charge in [0, 0.05) is 44.8 Å². The van der Waals surface area contributed by atoms with Crippen molar-refractivity contribution in [2.24, 2.45) is 18.9 Å². The van der Waals surface area contributed by atoms with E-state index in [-0.39, 0.29) is 12.1 Å². The molecule has 1 saturated carbocycles. The van der Waals surface area contributed by atoms with Crippen molar-refractivity contribution in [3.63, 3.8) is 0 Å². The Hall–Kier alpha value is -3.19. The molecule has 2 fully saturated rings. The molecule has 4 atom stereocenters. The number of pyridine rings is 1. The smallest absolute Gasteiger partial charge is 0.213 e. The molecule has 7 nitrogen and oxygen atoms in total. The number of aryl methyl sites for hydroxylation is 2. The van der Waals surface area contributed by atoms with Crippen LogP contribution in [0.2, 0.25) is 0 Å². The summed E-state index contributed by atoms with van der Waals surface area (Å²) in [6.45, 7) is 5.22. The number of rotatable bonds is 5. The van der Waals surface area contributed by atoms with Gasteiger partial charge in [0.25, 0.3) is 0 Å². The van der Waals surface area contributed by atoms with Crippen molar-refractivity contribution in [1.82, 2.24) is 29.0 Å². The van der Waals surface area contributed by atoms with Gasteiger partial charge in [-0.15, -0.1) is 0 Å². The average Bonchev–Trinajstić information content (AvgIpc) is 3.50. The molecule has 7 heteroatoms. The Morgan fingerprint density at radius 1 is 0.970 bits per heavy atom. The maximum atomic E-state index is 6.57. The summed E-state index contributed by atoms with van der Waals surface area (Å²) in [5, 5.41) is 0. The highest BCUT2D eigenvalue weighted by atomic mass is 16.5. The molecule has 1 saturated heterocycles. The summed E-state index contributed by atoms with van der Waals surface area (Å²) < 4.78 is 11.1. The zero-order chi connectivity index (χ0) is 22.4. The molecule has 0 N–H and O–H groups in total. The van der Waals surface area contributed by atoms with Crippen LogP contribution in [-0.4, -0.2) is 48.2 Å². The van der Waals surface area contributed by atoms with Crippen molar-refractivity contribution >= 4 is 11.0 Å². The van der Waals surface area contributed by atoms with Crippen molar-refractivity contribution in [1.29, 1.82) is 0 Å². The standard InChI is InChI=1S/C26H30N6O/c1-18-29-21-7-3-4-8-22(21)32(18)23-13-19-15-31(17-25-27-11-12-30(25)2)16-20(19)14-24(23)33-26-9-5-6-10-28-26/h3-12,19-20,23-24H,13-17H2,1-2H3/t19-,20+,23-,24-/m0/s1. The predicted octanol–water partition coefficient (Wildman–Crippen LogP) is 4.00. The monoisotopic (exact) mass is 442 g/mol. The normalized spacial score (nSPS) is 25.4. The SMILES string of the molecule is Cc1nc2ccccc2n1[C@H]1C[C@H]2CN(Cc3nccn3C)C[C@H]2C[C@@H]1Oc1ccccn1. The van der Waals surface area contributed by atoms with Crippen LogP contribution < -0.4 is 4.74 Å². The number of aromatic nitrogens is 5. The van der Waals surface area contributed by atoms with Gasteiger partial charge in [-0.05, 0) is 49.8 Å². The third-order valence-electron chi connectivity index (χ3n) is 7.46. The fourth-order valence-electron chi connectivity index (χ4n) is 5.92.